The summed E-state index contributed by atoms with van der Waals surface area (Å²) < 4.78 is 25.9. The fourth-order valence-electron chi connectivity index (χ4n) is 1.72. The zero-order valence-corrected chi connectivity index (χ0v) is 13.2. The van der Waals surface area contributed by atoms with Crippen molar-refractivity contribution in [2.24, 2.45) is 0 Å². The molecule has 0 saturated carbocycles. The predicted octanol–water partition coefficient (Wildman–Crippen LogP) is 1.04. The molecule has 1 rings (SSSR count). The summed E-state index contributed by atoms with van der Waals surface area (Å²) in [6.45, 7) is 1.80. The number of Topliss-reactive ketones (excluding diaryl/α,β-unsaturated/α-hetero) is 1. The summed E-state index contributed by atoms with van der Waals surface area (Å²) in [5.74, 6) is -0.341. The van der Waals surface area contributed by atoms with Gasteiger partial charge in [0.1, 0.15) is 0 Å². The van der Waals surface area contributed by atoms with Crippen molar-refractivity contribution < 1.29 is 18.0 Å². The molecule has 1 aromatic rings. The van der Waals surface area contributed by atoms with Crippen molar-refractivity contribution in [2.45, 2.75) is 24.7 Å². The Morgan fingerprint density at radius 1 is 1.29 bits per heavy atom. The van der Waals surface area contributed by atoms with Crippen LogP contribution in [-0.4, -0.2) is 45.1 Å². The summed E-state index contributed by atoms with van der Waals surface area (Å²) in [7, 11) is -0.800. The van der Waals surface area contributed by atoms with Crippen LogP contribution in [0.1, 0.15) is 30.1 Å². The molecule has 0 atom stereocenters. The summed E-state index contributed by atoms with van der Waals surface area (Å²) in [6.07, 6.45) is 0.399. The molecule has 0 radical (unpaired) electrons. The molecule has 0 aromatic heterocycles. The molecule has 0 aliphatic rings. The second-order valence-corrected chi connectivity index (χ2v) is 6.60. The lowest BCUT2D eigenvalue weighted by Gasteiger charge is -2.17. The number of nitrogens with one attached hydrogen (secondary N) is 1. The first-order chi connectivity index (χ1) is 9.82. The van der Waals surface area contributed by atoms with Crippen LogP contribution in [0.2, 0.25) is 0 Å². The molecule has 0 unspecified atom stereocenters. The Morgan fingerprint density at radius 2 is 1.95 bits per heavy atom. The largest absolute Gasteiger partial charge is 0.359 e. The van der Waals surface area contributed by atoms with E-state index >= 15 is 0 Å². The first kappa shape index (κ1) is 17.3. The minimum atomic E-state index is -3.71. The van der Waals surface area contributed by atoms with E-state index in [9.17, 15) is 18.0 Å². The molecule has 21 heavy (non-hydrogen) atoms. The fraction of sp³-hybridized carbons (Fsp3) is 0.429. The molecule has 0 aliphatic carbocycles. The van der Waals surface area contributed by atoms with Gasteiger partial charge >= 0.3 is 0 Å². The number of hydrogen-bond acceptors (Lipinski definition) is 4. The van der Waals surface area contributed by atoms with Crippen LogP contribution in [-0.2, 0) is 14.8 Å². The Kier molecular flexibility index (Phi) is 6.04. The van der Waals surface area contributed by atoms with Crippen molar-refractivity contribution in [3.63, 3.8) is 0 Å². The Bertz CT molecular complexity index is 626. The monoisotopic (exact) mass is 312 g/mol. The summed E-state index contributed by atoms with van der Waals surface area (Å²) in [4.78, 5) is 22.9. The number of sulfonamides is 1. The standard InChI is InChI=1S/C14H20N2O4S/c1-4-13(17)11-6-5-7-12(10-11)21(19,20)16(3)9-8-14(18)15-2/h5-7,10H,4,8-9H2,1-3H3,(H,15,18). The smallest absolute Gasteiger partial charge is 0.242 e. The lowest BCUT2D eigenvalue weighted by Crippen LogP contribution is -2.31. The van der Waals surface area contributed by atoms with E-state index in [1.165, 1.54) is 26.2 Å². The highest BCUT2D eigenvalue weighted by Gasteiger charge is 2.22. The second kappa shape index (κ2) is 7.33. The van der Waals surface area contributed by atoms with E-state index in [1.807, 2.05) is 0 Å². The molecule has 0 spiro atoms. The van der Waals surface area contributed by atoms with Crippen molar-refractivity contribution >= 4 is 21.7 Å². The van der Waals surface area contributed by atoms with Gasteiger partial charge in [-0.2, -0.15) is 0 Å². The average molecular weight is 312 g/mol. The van der Waals surface area contributed by atoms with Gasteiger partial charge in [-0.3, -0.25) is 9.59 Å². The molecule has 7 heteroatoms. The topological polar surface area (TPSA) is 83.6 Å². The van der Waals surface area contributed by atoms with E-state index in [0.29, 0.717) is 12.0 Å². The molecular formula is C14H20N2O4S. The van der Waals surface area contributed by atoms with Crippen molar-refractivity contribution in [3.8, 4) is 0 Å². The number of hydrogen-bond donors (Lipinski definition) is 1. The van der Waals surface area contributed by atoms with Gasteiger partial charge in [-0.15, -0.1) is 0 Å². The van der Waals surface area contributed by atoms with Gasteiger partial charge in [0.2, 0.25) is 15.9 Å². The molecule has 6 nitrogen and oxygen atoms in total. The van der Waals surface area contributed by atoms with Crippen LogP contribution in [0.15, 0.2) is 29.2 Å². The van der Waals surface area contributed by atoms with Crippen molar-refractivity contribution in [2.75, 3.05) is 20.6 Å². The zero-order valence-electron chi connectivity index (χ0n) is 12.4. The van der Waals surface area contributed by atoms with Gasteiger partial charge in [0.05, 0.1) is 4.90 Å². The Labute approximate surface area is 125 Å². The molecular weight excluding hydrogens is 292 g/mol. The maximum absolute atomic E-state index is 12.4. The highest BCUT2D eigenvalue weighted by molar-refractivity contribution is 7.89. The van der Waals surface area contributed by atoms with Gasteiger partial charge in [-0.05, 0) is 12.1 Å². The average Bonchev–Trinajstić information content (AvgIpc) is 2.51. The van der Waals surface area contributed by atoms with Gasteiger partial charge in [0.15, 0.2) is 5.78 Å². The van der Waals surface area contributed by atoms with E-state index in [4.69, 9.17) is 0 Å². The number of carbonyl (C=O) groups excluding carboxylic acids is 2. The lowest BCUT2D eigenvalue weighted by molar-refractivity contribution is -0.120. The van der Waals surface area contributed by atoms with E-state index < -0.39 is 10.0 Å². The molecule has 0 fully saturated rings. The van der Waals surface area contributed by atoms with Crippen molar-refractivity contribution in [1.29, 1.82) is 0 Å². The first-order valence-corrected chi connectivity index (χ1v) is 8.07. The summed E-state index contributed by atoms with van der Waals surface area (Å²) in [5, 5.41) is 2.44. The van der Waals surface area contributed by atoms with Crippen molar-refractivity contribution in [1.82, 2.24) is 9.62 Å². The van der Waals surface area contributed by atoms with E-state index in [1.54, 1.807) is 19.1 Å². The van der Waals surface area contributed by atoms with Crippen LogP contribution >= 0.6 is 0 Å². The number of amides is 1. The Morgan fingerprint density at radius 3 is 2.52 bits per heavy atom. The van der Waals surface area contributed by atoms with Crippen LogP contribution in [0.3, 0.4) is 0 Å². The maximum Gasteiger partial charge on any atom is 0.242 e. The number of carbonyl (C=O) groups is 2. The number of rotatable bonds is 7. The Balaban J connectivity index is 2.97. The molecule has 0 heterocycles. The molecule has 1 aromatic carbocycles. The van der Waals surface area contributed by atoms with Gasteiger partial charge in [-0.25, -0.2) is 12.7 Å². The first-order valence-electron chi connectivity index (χ1n) is 6.63. The van der Waals surface area contributed by atoms with Crippen molar-refractivity contribution in [3.05, 3.63) is 29.8 Å². The second-order valence-electron chi connectivity index (χ2n) is 4.55. The molecule has 0 saturated heterocycles. The van der Waals surface area contributed by atoms with Crippen LogP contribution < -0.4 is 5.32 Å². The van der Waals surface area contributed by atoms with E-state index in [0.717, 1.165) is 4.31 Å². The lowest BCUT2D eigenvalue weighted by atomic mass is 10.1. The molecule has 1 amide bonds. The summed E-state index contributed by atoms with van der Waals surface area (Å²) >= 11 is 0. The minimum Gasteiger partial charge on any atom is -0.359 e. The fourth-order valence-corrected chi connectivity index (χ4v) is 2.94. The highest BCUT2D eigenvalue weighted by atomic mass is 32.2. The van der Waals surface area contributed by atoms with Gasteiger partial charge in [-0.1, -0.05) is 19.1 Å². The highest BCUT2D eigenvalue weighted by Crippen LogP contribution is 2.17. The minimum absolute atomic E-state index is 0.0567. The van der Waals surface area contributed by atoms with Crippen LogP contribution in [0, 0.1) is 0 Å². The molecule has 0 aliphatic heterocycles. The van der Waals surface area contributed by atoms with E-state index in [2.05, 4.69) is 5.32 Å². The summed E-state index contributed by atoms with van der Waals surface area (Å²) in [6, 6.07) is 5.95. The number of ketones is 1. The molecule has 1 N–H and O–H groups in total. The Hall–Kier alpha value is -1.73. The maximum atomic E-state index is 12.4. The normalized spacial score (nSPS) is 11.4. The third kappa shape index (κ3) is 4.37. The van der Waals surface area contributed by atoms with E-state index in [-0.39, 0.29) is 29.6 Å². The number of nitrogens with zero attached hydrogens (tertiary/aromatic N) is 1. The molecule has 0 bridgehead atoms. The quantitative estimate of drug-likeness (QED) is 0.762. The van der Waals surface area contributed by atoms with Gasteiger partial charge in [0.25, 0.3) is 0 Å². The van der Waals surface area contributed by atoms with Crippen LogP contribution in [0.4, 0.5) is 0 Å². The van der Waals surface area contributed by atoms with Crippen LogP contribution in [0.5, 0.6) is 0 Å². The third-order valence-electron chi connectivity index (χ3n) is 3.12. The SMILES string of the molecule is CCC(=O)c1cccc(S(=O)(=O)N(C)CCC(=O)NC)c1. The van der Waals surface area contributed by atoms with Gasteiger partial charge in [0, 0.05) is 39.0 Å². The van der Waals surface area contributed by atoms with Crippen LogP contribution in [0.25, 0.3) is 0 Å². The predicted molar refractivity (Wildman–Crippen MR) is 79.6 cm³/mol. The summed E-state index contributed by atoms with van der Waals surface area (Å²) in [5.41, 5.74) is 0.373. The molecule has 116 valence electrons. The van der Waals surface area contributed by atoms with Gasteiger partial charge < -0.3 is 5.32 Å². The third-order valence-corrected chi connectivity index (χ3v) is 4.97. The zero-order chi connectivity index (χ0) is 16.0. The number of benzene rings is 1.